The molecule has 5 nitrogen and oxygen atoms in total. The Morgan fingerprint density at radius 1 is 1.38 bits per heavy atom. The Balaban J connectivity index is 3.02. The molecular weight excluding hydrogens is 288 g/mol. The van der Waals surface area contributed by atoms with Gasteiger partial charge in [-0.3, -0.25) is 0 Å². The van der Waals surface area contributed by atoms with Gasteiger partial charge in [0.25, 0.3) is 0 Å². The standard InChI is InChI=1S/C15H22N2O3S/c1-9-6-10(2)13(12(7-9)14(18)19)16-15(20)17(4)11(3)8-21-5/h6-7,11H,8H2,1-5H3,(H,16,20)(H,18,19). The number of anilines is 1. The van der Waals surface area contributed by atoms with Crippen LogP contribution in [0.2, 0.25) is 0 Å². The fraction of sp³-hybridized carbons (Fsp3) is 0.467. The maximum absolute atomic E-state index is 12.3. The van der Waals surface area contributed by atoms with E-state index in [2.05, 4.69) is 5.32 Å². The zero-order valence-electron chi connectivity index (χ0n) is 13.1. The van der Waals surface area contributed by atoms with Crippen LogP contribution in [0, 0.1) is 13.8 Å². The minimum Gasteiger partial charge on any atom is -0.478 e. The molecule has 6 heteroatoms. The normalized spacial score (nSPS) is 11.9. The van der Waals surface area contributed by atoms with Crippen LogP contribution in [0.15, 0.2) is 12.1 Å². The second kappa shape index (κ2) is 7.36. The molecule has 0 aliphatic carbocycles. The molecule has 0 aromatic heterocycles. The number of hydrogen-bond donors (Lipinski definition) is 2. The molecule has 1 aromatic carbocycles. The SMILES string of the molecule is CSCC(C)N(C)C(=O)Nc1c(C)cc(C)cc1C(=O)O. The van der Waals surface area contributed by atoms with E-state index < -0.39 is 5.97 Å². The molecule has 2 amide bonds. The molecule has 21 heavy (non-hydrogen) atoms. The number of benzene rings is 1. The fourth-order valence-corrected chi connectivity index (χ4v) is 2.76. The van der Waals surface area contributed by atoms with Gasteiger partial charge in [-0.05, 0) is 44.2 Å². The van der Waals surface area contributed by atoms with Gasteiger partial charge >= 0.3 is 12.0 Å². The minimum absolute atomic E-state index is 0.0685. The van der Waals surface area contributed by atoms with E-state index in [-0.39, 0.29) is 17.6 Å². The van der Waals surface area contributed by atoms with Crippen molar-refractivity contribution in [3.05, 3.63) is 28.8 Å². The van der Waals surface area contributed by atoms with Gasteiger partial charge < -0.3 is 15.3 Å². The highest BCUT2D eigenvalue weighted by molar-refractivity contribution is 7.98. The lowest BCUT2D eigenvalue weighted by molar-refractivity contribution is 0.0698. The third kappa shape index (κ3) is 4.39. The minimum atomic E-state index is -1.04. The molecule has 0 saturated carbocycles. The van der Waals surface area contributed by atoms with Crippen molar-refractivity contribution in [2.24, 2.45) is 0 Å². The van der Waals surface area contributed by atoms with Crippen molar-refractivity contribution in [2.75, 3.05) is 24.4 Å². The lowest BCUT2D eigenvalue weighted by atomic mass is 10.0. The van der Waals surface area contributed by atoms with E-state index in [0.29, 0.717) is 5.69 Å². The molecule has 1 atom stereocenters. The summed E-state index contributed by atoms with van der Waals surface area (Å²) in [6.45, 7) is 5.58. The van der Waals surface area contributed by atoms with Crippen LogP contribution in [0.3, 0.4) is 0 Å². The number of nitrogens with zero attached hydrogens (tertiary/aromatic N) is 1. The topological polar surface area (TPSA) is 69.6 Å². The first kappa shape index (κ1) is 17.4. The van der Waals surface area contributed by atoms with Crippen LogP contribution in [0.5, 0.6) is 0 Å². The van der Waals surface area contributed by atoms with Gasteiger partial charge in [0.15, 0.2) is 0 Å². The van der Waals surface area contributed by atoms with Crippen LogP contribution in [0.1, 0.15) is 28.4 Å². The first-order valence-corrected chi connectivity index (χ1v) is 8.04. The van der Waals surface area contributed by atoms with Crippen molar-refractivity contribution in [1.29, 1.82) is 0 Å². The molecule has 0 fully saturated rings. The summed E-state index contributed by atoms with van der Waals surface area (Å²) in [5, 5.41) is 12.0. The van der Waals surface area contributed by atoms with E-state index in [1.165, 1.54) is 0 Å². The number of carbonyl (C=O) groups is 2. The van der Waals surface area contributed by atoms with Gasteiger partial charge in [-0.1, -0.05) is 6.07 Å². The van der Waals surface area contributed by atoms with Gasteiger partial charge in [-0.25, -0.2) is 9.59 Å². The van der Waals surface area contributed by atoms with E-state index in [9.17, 15) is 14.7 Å². The molecule has 0 bridgehead atoms. The first-order valence-electron chi connectivity index (χ1n) is 6.65. The molecule has 0 aliphatic heterocycles. The van der Waals surface area contributed by atoms with Gasteiger partial charge in [0, 0.05) is 18.8 Å². The van der Waals surface area contributed by atoms with E-state index in [0.717, 1.165) is 16.9 Å². The fourth-order valence-electron chi connectivity index (χ4n) is 2.05. The monoisotopic (exact) mass is 310 g/mol. The zero-order valence-corrected chi connectivity index (χ0v) is 13.9. The Kier molecular flexibility index (Phi) is 6.08. The first-order chi connectivity index (χ1) is 9.77. The molecule has 1 aromatic rings. The van der Waals surface area contributed by atoms with E-state index in [4.69, 9.17) is 0 Å². The maximum atomic E-state index is 12.3. The highest BCUT2D eigenvalue weighted by Crippen LogP contribution is 2.23. The molecular formula is C15H22N2O3S. The molecule has 1 rings (SSSR count). The third-order valence-electron chi connectivity index (χ3n) is 3.33. The number of aryl methyl sites for hydroxylation is 2. The number of thioether (sulfide) groups is 1. The van der Waals surface area contributed by atoms with Gasteiger partial charge in [0.05, 0.1) is 11.3 Å². The number of carboxylic acids is 1. The molecule has 1 unspecified atom stereocenters. The third-order valence-corrected chi connectivity index (χ3v) is 4.15. The van der Waals surface area contributed by atoms with E-state index in [1.54, 1.807) is 36.7 Å². The smallest absolute Gasteiger partial charge is 0.337 e. The average molecular weight is 310 g/mol. The Morgan fingerprint density at radius 3 is 2.52 bits per heavy atom. The summed E-state index contributed by atoms with van der Waals surface area (Å²) < 4.78 is 0. The summed E-state index contributed by atoms with van der Waals surface area (Å²) >= 11 is 1.66. The molecule has 0 saturated heterocycles. The summed E-state index contributed by atoms with van der Waals surface area (Å²) in [5.41, 5.74) is 2.08. The van der Waals surface area contributed by atoms with E-state index in [1.807, 2.05) is 26.2 Å². The molecule has 0 aliphatic rings. The zero-order chi connectivity index (χ0) is 16.2. The lowest BCUT2D eigenvalue weighted by Crippen LogP contribution is -2.40. The quantitative estimate of drug-likeness (QED) is 0.876. The maximum Gasteiger partial charge on any atom is 0.337 e. The molecule has 2 N–H and O–H groups in total. The van der Waals surface area contributed by atoms with Crippen LogP contribution in [0.25, 0.3) is 0 Å². The molecule has 116 valence electrons. The van der Waals surface area contributed by atoms with Crippen molar-refractivity contribution in [2.45, 2.75) is 26.8 Å². The van der Waals surface area contributed by atoms with Gasteiger partial charge in [-0.2, -0.15) is 11.8 Å². The largest absolute Gasteiger partial charge is 0.478 e. The Bertz CT molecular complexity index is 546. The predicted molar refractivity (Wildman–Crippen MR) is 87.5 cm³/mol. The highest BCUT2D eigenvalue weighted by atomic mass is 32.2. The van der Waals surface area contributed by atoms with Crippen LogP contribution >= 0.6 is 11.8 Å². The molecule has 0 radical (unpaired) electrons. The number of carbonyl (C=O) groups excluding carboxylic acids is 1. The molecule has 0 heterocycles. The summed E-state index contributed by atoms with van der Waals surface area (Å²) in [6.07, 6.45) is 1.98. The van der Waals surface area contributed by atoms with E-state index >= 15 is 0 Å². The number of urea groups is 1. The second-order valence-electron chi connectivity index (χ2n) is 5.15. The molecule has 0 spiro atoms. The number of hydrogen-bond acceptors (Lipinski definition) is 3. The summed E-state index contributed by atoms with van der Waals surface area (Å²) in [6, 6.07) is 3.19. The Labute approximate surface area is 129 Å². The number of carboxylic acid groups (broad SMARTS) is 1. The number of rotatable bonds is 5. The number of nitrogens with one attached hydrogen (secondary N) is 1. The van der Waals surface area contributed by atoms with Gasteiger partial charge in [0.2, 0.25) is 0 Å². The van der Waals surface area contributed by atoms with Crippen LogP contribution in [0.4, 0.5) is 10.5 Å². The van der Waals surface area contributed by atoms with Crippen molar-refractivity contribution < 1.29 is 14.7 Å². The van der Waals surface area contributed by atoms with Gasteiger partial charge in [0.1, 0.15) is 0 Å². The summed E-state index contributed by atoms with van der Waals surface area (Å²) in [4.78, 5) is 25.2. The predicted octanol–water partition coefficient (Wildman–Crippen LogP) is 3.22. The Morgan fingerprint density at radius 2 is 2.00 bits per heavy atom. The summed E-state index contributed by atoms with van der Waals surface area (Å²) in [5.74, 6) is -0.223. The van der Waals surface area contributed by atoms with Crippen molar-refractivity contribution in [3.63, 3.8) is 0 Å². The van der Waals surface area contributed by atoms with Crippen LogP contribution in [-0.4, -0.2) is 47.1 Å². The van der Waals surface area contributed by atoms with Crippen molar-refractivity contribution >= 4 is 29.4 Å². The number of amides is 2. The van der Waals surface area contributed by atoms with Crippen LogP contribution in [-0.2, 0) is 0 Å². The van der Waals surface area contributed by atoms with Crippen molar-refractivity contribution in [1.82, 2.24) is 4.90 Å². The van der Waals surface area contributed by atoms with Crippen molar-refractivity contribution in [3.8, 4) is 0 Å². The highest BCUT2D eigenvalue weighted by Gasteiger charge is 2.20. The second-order valence-corrected chi connectivity index (χ2v) is 6.07. The van der Waals surface area contributed by atoms with Gasteiger partial charge in [-0.15, -0.1) is 0 Å². The number of aromatic carboxylic acids is 1. The van der Waals surface area contributed by atoms with Crippen LogP contribution < -0.4 is 5.32 Å². The average Bonchev–Trinajstić information content (AvgIpc) is 2.40. The lowest BCUT2D eigenvalue weighted by Gasteiger charge is -2.25. The Hall–Kier alpha value is -1.69. The summed E-state index contributed by atoms with van der Waals surface area (Å²) in [7, 11) is 1.71.